The number of likely N-dealkylation sites (tertiary alicyclic amines) is 1. The number of rotatable bonds is 5. The molecule has 8 heteroatoms. The Balaban J connectivity index is 1.68. The minimum absolute atomic E-state index is 0.00542. The van der Waals surface area contributed by atoms with Crippen molar-refractivity contribution in [3.8, 4) is 5.88 Å². The molecule has 0 spiro atoms. The zero-order valence-electron chi connectivity index (χ0n) is 16.7. The van der Waals surface area contributed by atoms with Crippen molar-refractivity contribution in [1.82, 2.24) is 9.61 Å². The van der Waals surface area contributed by atoms with Crippen LogP contribution in [0.5, 0.6) is 5.88 Å². The van der Waals surface area contributed by atoms with Crippen molar-refractivity contribution in [3.63, 3.8) is 0 Å². The van der Waals surface area contributed by atoms with Gasteiger partial charge in [-0.3, -0.25) is 4.79 Å². The highest BCUT2D eigenvalue weighted by Crippen LogP contribution is 2.33. The van der Waals surface area contributed by atoms with E-state index >= 15 is 0 Å². The first-order valence-corrected chi connectivity index (χ1v) is 10.2. The average Bonchev–Trinajstić information content (AvgIpc) is 3.29. The molecule has 7 nitrogen and oxygen atoms in total. The second-order valence-corrected chi connectivity index (χ2v) is 8.29. The van der Waals surface area contributed by atoms with Gasteiger partial charge in [0.2, 0.25) is 5.78 Å². The molecule has 0 saturated carbocycles. The summed E-state index contributed by atoms with van der Waals surface area (Å²) < 4.78 is 8.82. The summed E-state index contributed by atoms with van der Waals surface area (Å²) >= 11 is 6.11. The van der Waals surface area contributed by atoms with Crippen molar-refractivity contribution in [3.05, 3.63) is 46.8 Å². The molecule has 2 aromatic heterocycles. The van der Waals surface area contributed by atoms with E-state index in [4.69, 9.17) is 27.1 Å². The third-order valence-corrected chi connectivity index (χ3v) is 6.03. The van der Waals surface area contributed by atoms with Gasteiger partial charge < -0.3 is 15.0 Å². The van der Waals surface area contributed by atoms with E-state index < -0.39 is 0 Å². The molecule has 0 unspecified atom stereocenters. The molecule has 3 heterocycles. The molecular formula is C21H25ClN5O2+. The quantitative estimate of drug-likeness (QED) is 0.602. The largest absolute Gasteiger partial charge is 0.469 e. The number of ketones is 1. The van der Waals surface area contributed by atoms with Crippen molar-refractivity contribution < 1.29 is 14.0 Å². The van der Waals surface area contributed by atoms with Crippen LogP contribution in [0.4, 0.5) is 5.69 Å². The minimum atomic E-state index is -0.276. The van der Waals surface area contributed by atoms with Crippen LogP contribution in [0.15, 0.2) is 51.8 Å². The lowest BCUT2D eigenvalue weighted by Gasteiger charge is -2.28. The van der Waals surface area contributed by atoms with Gasteiger partial charge in [0.25, 0.3) is 5.88 Å². The first-order valence-electron chi connectivity index (χ1n) is 9.79. The van der Waals surface area contributed by atoms with Crippen LogP contribution < -0.4 is 10.5 Å². The normalized spacial score (nSPS) is 20.6. The molecule has 0 radical (unpaired) electrons. The summed E-state index contributed by atoms with van der Waals surface area (Å²) in [5.74, 6) is 0.170. The number of carbonyl (C=O) groups excluding carboxylic acids is 1. The maximum atomic E-state index is 12.0. The third kappa shape index (κ3) is 3.80. The first kappa shape index (κ1) is 19.7. The number of nitrogens with two attached hydrogens (primary N) is 1. The van der Waals surface area contributed by atoms with E-state index in [1.165, 1.54) is 25.9 Å². The lowest BCUT2D eigenvalue weighted by atomic mass is 10.0. The van der Waals surface area contributed by atoms with Crippen LogP contribution in [0.3, 0.4) is 0 Å². The van der Waals surface area contributed by atoms with Crippen molar-refractivity contribution in [1.29, 1.82) is 0 Å². The Kier molecular flexibility index (Phi) is 5.19. The number of quaternary nitrogens is 1. The number of carbonyl (C=O) groups is 1. The van der Waals surface area contributed by atoms with Crippen molar-refractivity contribution >= 4 is 34.3 Å². The fourth-order valence-corrected chi connectivity index (χ4v) is 4.07. The summed E-state index contributed by atoms with van der Waals surface area (Å²) in [7, 11) is 2.27. The topological polar surface area (TPSA) is 82.0 Å². The van der Waals surface area contributed by atoms with Gasteiger partial charge in [0.15, 0.2) is 5.69 Å². The Morgan fingerprint density at radius 2 is 2.10 bits per heavy atom. The maximum absolute atomic E-state index is 12.0. The molecule has 0 aromatic carbocycles. The number of aromatic nitrogens is 2. The summed E-state index contributed by atoms with van der Waals surface area (Å²) in [6, 6.07) is 5.73. The maximum Gasteiger partial charge on any atom is 0.260 e. The highest BCUT2D eigenvalue weighted by atomic mass is 35.5. The fourth-order valence-electron chi connectivity index (χ4n) is 3.82. The van der Waals surface area contributed by atoms with Crippen molar-refractivity contribution in [2.75, 3.05) is 33.3 Å². The number of hydrogen-bond donors (Lipinski definition) is 1. The molecule has 2 aromatic rings. The third-order valence-electron chi connectivity index (χ3n) is 5.65. The Labute approximate surface area is 174 Å². The van der Waals surface area contributed by atoms with Gasteiger partial charge in [-0.05, 0) is 25.1 Å². The fraction of sp³-hybridized carbons (Fsp3) is 0.381. The number of Topliss-reactive ketones (excluding diaryl/α,β-unsaturated/α-hetero) is 1. The van der Waals surface area contributed by atoms with Gasteiger partial charge in [0.05, 0.1) is 37.1 Å². The van der Waals surface area contributed by atoms with Crippen LogP contribution >= 0.6 is 11.6 Å². The van der Waals surface area contributed by atoms with Gasteiger partial charge in [0, 0.05) is 24.6 Å². The molecule has 1 fully saturated rings. The summed E-state index contributed by atoms with van der Waals surface area (Å²) in [6.45, 7) is 5.53. The molecule has 1 aliphatic carbocycles. The molecule has 0 atom stereocenters. The van der Waals surface area contributed by atoms with Crippen LogP contribution in [-0.2, 0) is 4.79 Å². The molecule has 0 amide bonds. The van der Waals surface area contributed by atoms with Crippen LogP contribution in [0.1, 0.15) is 19.8 Å². The van der Waals surface area contributed by atoms with Crippen LogP contribution in [0.25, 0.3) is 5.52 Å². The summed E-state index contributed by atoms with van der Waals surface area (Å²) in [5, 5.41) is 4.54. The number of likely N-dealkylation sites (N-methyl/N-ethyl adjacent to an activating group) is 1. The SMILES string of the molecule is CC1=CC(=Nc2c(OCC[N+]3(C)CCCC3)nn3ccccc23)C(N)=C(Cl)C1=O. The Hall–Kier alpha value is -2.64. The van der Waals surface area contributed by atoms with E-state index in [-0.39, 0.29) is 16.5 Å². The van der Waals surface area contributed by atoms with E-state index in [9.17, 15) is 4.79 Å². The van der Waals surface area contributed by atoms with Gasteiger partial charge in [-0.2, -0.15) is 0 Å². The molecular weight excluding hydrogens is 390 g/mol. The number of halogens is 1. The van der Waals surface area contributed by atoms with Gasteiger partial charge >= 0.3 is 0 Å². The van der Waals surface area contributed by atoms with Crippen LogP contribution in [-0.4, -0.2) is 58.9 Å². The zero-order chi connectivity index (χ0) is 20.6. The monoisotopic (exact) mass is 414 g/mol. The number of aliphatic imine (C=N–C) groups is 1. The molecule has 2 N–H and O–H groups in total. The first-order chi connectivity index (χ1) is 13.9. The minimum Gasteiger partial charge on any atom is -0.469 e. The number of allylic oxidation sites excluding steroid dienone is 3. The summed E-state index contributed by atoms with van der Waals surface area (Å²) in [4.78, 5) is 16.7. The lowest BCUT2D eigenvalue weighted by Crippen LogP contribution is -2.43. The molecule has 1 aliphatic heterocycles. The smallest absolute Gasteiger partial charge is 0.260 e. The number of ether oxygens (including phenoxy) is 1. The molecule has 0 bridgehead atoms. The highest BCUT2D eigenvalue weighted by Gasteiger charge is 2.27. The van der Waals surface area contributed by atoms with E-state index in [0.29, 0.717) is 29.5 Å². The van der Waals surface area contributed by atoms with E-state index in [0.717, 1.165) is 16.5 Å². The second kappa shape index (κ2) is 7.65. The second-order valence-electron chi connectivity index (χ2n) is 7.91. The Bertz CT molecular complexity index is 1060. The summed E-state index contributed by atoms with van der Waals surface area (Å²) in [6.07, 6.45) is 6.02. The number of nitrogens with zero attached hydrogens (tertiary/aromatic N) is 4. The standard InChI is InChI=1S/C21H24ClN5O2/c1-14-13-15(18(23)17(22)20(14)28)24-19-16-7-3-4-8-26(16)25-21(19)29-12-11-27(2)9-5-6-10-27/h3-4,7-8,13H,5-6,9-12H2,1-2H3,(H-,23,28)/p+1. The van der Waals surface area contributed by atoms with E-state index in [1.807, 2.05) is 24.4 Å². The van der Waals surface area contributed by atoms with Crippen molar-refractivity contribution in [2.24, 2.45) is 10.7 Å². The van der Waals surface area contributed by atoms with Crippen LogP contribution in [0, 0.1) is 0 Å². The number of hydrogen-bond acceptors (Lipinski definition) is 5. The summed E-state index contributed by atoms with van der Waals surface area (Å²) in [5.41, 5.74) is 8.54. The molecule has 4 rings (SSSR count). The Morgan fingerprint density at radius 3 is 2.86 bits per heavy atom. The van der Waals surface area contributed by atoms with Crippen molar-refractivity contribution in [2.45, 2.75) is 19.8 Å². The zero-order valence-corrected chi connectivity index (χ0v) is 17.4. The van der Waals surface area contributed by atoms with E-state index in [1.54, 1.807) is 17.5 Å². The molecule has 152 valence electrons. The predicted molar refractivity (Wildman–Crippen MR) is 114 cm³/mol. The molecule has 1 saturated heterocycles. The Morgan fingerprint density at radius 1 is 1.34 bits per heavy atom. The number of pyridine rings is 1. The molecule has 29 heavy (non-hydrogen) atoms. The molecule has 2 aliphatic rings. The lowest BCUT2D eigenvalue weighted by molar-refractivity contribution is -0.897. The predicted octanol–water partition coefficient (Wildman–Crippen LogP) is 2.96. The van der Waals surface area contributed by atoms with Crippen LogP contribution in [0.2, 0.25) is 0 Å². The van der Waals surface area contributed by atoms with E-state index in [2.05, 4.69) is 12.1 Å². The highest BCUT2D eigenvalue weighted by molar-refractivity contribution is 6.49. The van der Waals surface area contributed by atoms with Gasteiger partial charge in [0.1, 0.15) is 18.2 Å². The van der Waals surface area contributed by atoms with Gasteiger partial charge in [-0.1, -0.05) is 17.7 Å². The number of fused-ring (bicyclic) bond motifs is 1. The average molecular weight is 415 g/mol. The van der Waals surface area contributed by atoms with Gasteiger partial charge in [-0.15, -0.1) is 5.10 Å². The van der Waals surface area contributed by atoms with Gasteiger partial charge in [-0.25, -0.2) is 9.51 Å².